The Labute approximate surface area is 118 Å². The van der Waals surface area contributed by atoms with E-state index in [1.807, 2.05) is 13.8 Å². The van der Waals surface area contributed by atoms with Gasteiger partial charge in [-0.15, -0.1) is 0 Å². The zero-order valence-corrected chi connectivity index (χ0v) is 12.2. The van der Waals surface area contributed by atoms with E-state index in [2.05, 4.69) is 5.32 Å². The molecule has 0 heterocycles. The number of nitrogens with one attached hydrogen (secondary N) is 1. The monoisotopic (exact) mass is 286 g/mol. The van der Waals surface area contributed by atoms with Crippen molar-refractivity contribution in [2.75, 3.05) is 18.5 Å². The zero-order valence-electron chi connectivity index (χ0n) is 11.4. The second-order valence-corrected chi connectivity index (χ2v) is 4.98. The van der Waals surface area contributed by atoms with Crippen molar-refractivity contribution in [2.45, 2.75) is 33.3 Å². The highest BCUT2D eigenvalue weighted by atomic mass is 35.5. The number of benzene rings is 1. The molecule has 19 heavy (non-hydrogen) atoms. The van der Waals surface area contributed by atoms with Gasteiger partial charge in [-0.05, 0) is 33.3 Å². The van der Waals surface area contributed by atoms with Crippen molar-refractivity contribution in [1.29, 1.82) is 0 Å². The Morgan fingerprint density at radius 3 is 2.74 bits per heavy atom. The molecule has 1 N–H and O–H groups in total. The van der Waals surface area contributed by atoms with E-state index in [1.165, 1.54) is 6.07 Å². The maximum atomic E-state index is 10.8. The van der Waals surface area contributed by atoms with Crippen LogP contribution >= 0.6 is 11.6 Å². The molecule has 0 saturated heterocycles. The van der Waals surface area contributed by atoms with Gasteiger partial charge in [0.25, 0.3) is 5.69 Å². The summed E-state index contributed by atoms with van der Waals surface area (Å²) >= 11 is 6.01. The minimum atomic E-state index is -0.429. The van der Waals surface area contributed by atoms with E-state index in [4.69, 9.17) is 16.3 Å². The van der Waals surface area contributed by atoms with E-state index in [9.17, 15) is 10.1 Å². The smallest absolute Gasteiger partial charge is 0.273 e. The number of hydrogen-bond donors (Lipinski definition) is 1. The fourth-order valence-corrected chi connectivity index (χ4v) is 1.84. The summed E-state index contributed by atoms with van der Waals surface area (Å²) in [5.41, 5.74) is 1.35. The predicted molar refractivity (Wildman–Crippen MR) is 77.0 cm³/mol. The number of anilines is 1. The highest BCUT2D eigenvalue weighted by Gasteiger charge is 2.13. The van der Waals surface area contributed by atoms with Gasteiger partial charge in [0.15, 0.2) is 0 Å². The molecule has 0 bridgehead atoms. The number of nitrogens with zero attached hydrogens (tertiary/aromatic N) is 1. The Morgan fingerprint density at radius 2 is 2.16 bits per heavy atom. The molecule has 0 aliphatic heterocycles. The average molecular weight is 287 g/mol. The third-order valence-corrected chi connectivity index (χ3v) is 2.88. The van der Waals surface area contributed by atoms with Crippen molar-refractivity contribution < 1.29 is 9.66 Å². The summed E-state index contributed by atoms with van der Waals surface area (Å²) in [6.45, 7) is 7.06. The molecule has 0 aliphatic carbocycles. The van der Waals surface area contributed by atoms with Gasteiger partial charge in [-0.2, -0.15) is 0 Å². The van der Waals surface area contributed by atoms with Crippen molar-refractivity contribution in [3.8, 4) is 0 Å². The fraction of sp³-hybridized carbons (Fsp3) is 0.538. The molecule has 106 valence electrons. The molecule has 0 amide bonds. The second-order valence-electron chi connectivity index (χ2n) is 4.58. The third-order valence-electron chi connectivity index (χ3n) is 2.57. The molecule has 1 aromatic carbocycles. The Kier molecular flexibility index (Phi) is 6.05. The van der Waals surface area contributed by atoms with Crippen molar-refractivity contribution in [3.63, 3.8) is 0 Å². The molecule has 0 spiro atoms. The first kappa shape index (κ1) is 15.7. The average Bonchev–Trinajstić information content (AvgIpc) is 2.31. The summed E-state index contributed by atoms with van der Waals surface area (Å²) in [6, 6.07) is 3.08. The number of aryl methyl sites for hydroxylation is 1. The molecule has 0 radical (unpaired) electrons. The van der Waals surface area contributed by atoms with Gasteiger partial charge in [-0.25, -0.2) is 0 Å². The summed E-state index contributed by atoms with van der Waals surface area (Å²) in [7, 11) is 0. The number of hydrogen-bond acceptors (Lipinski definition) is 4. The van der Waals surface area contributed by atoms with Crippen LogP contribution in [-0.4, -0.2) is 24.2 Å². The van der Waals surface area contributed by atoms with Crippen LogP contribution in [-0.2, 0) is 4.74 Å². The van der Waals surface area contributed by atoms with Gasteiger partial charge >= 0.3 is 0 Å². The third kappa shape index (κ3) is 5.04. The largest absolute Gasteiger partial charge is 0.384 e. The molecule has 0 saturated carbocycles. The Balaban J connectivity index is 2.55. The van der Waals surface area contributed by atoms with Crippen LogP contribution in [0, 0.1) is 17.0 Å². The second kappa shape index (κ2) is 7.31. The molecule has 0 unspecified atom stereocenters. The lowest BCUT2D eigenvalue weighted by molar-refractivity contribution is -0.385. The van der Waals surface area contributed by atoms with Gasteiger partial charge in [0, 0.05) is 24.8 Å². The molecule has 0 aliphatic rings. The summed E-state index contributed by atoms with van der Waals surface area (Å²) < 4.78 is 5.42. The van der Waals surface area contributed by atoms with Crippen LogP contribution in [0.5, 0.6) is 0 Å². The molecule has 0 fully saturated rings. The quantitative estimate of drug-likeness (QED) is 0.470. The van der Waals surface area contributed by atoms with Gasteiger partial charge in [-0.1, -0.05) is 11.6 Å². The molecular weight excluding hydrogens is 268 g/mol. The van der Waals surface area contributed by atoms with Gasteiger partial charge in [0.1, 0.15) is 0 Å². The Hall–Kier alpha value is -1.33. The minimum Gasteiger partial charge on any atom is -0.384 e. The number of ether oxygens (including phenoxy) is 1. The van der Waals surface area contributed by atoms with Gasteiger partial charge in [0.05, 0.1) is 21.7 Å². The summed E-state index contributed by atoms with van der Waals surface area (Å²) in [5.74, 6) is 0. The molecule has 1 aromatic rings. The summed E-state index contributed by atoms with van der Waals surface area (Å²) in [4.78, 5) is 10.3. The summed E-state index contributed by atoms with van der Waals surface area (Å²) in [6.07, 6.45) is 1.08. The van der Waals surface area contributed by atoms with E-state index in [0.717, 1.165) is 6.42 Å². The lowest BCUT2D eigenvalue weighted by Gasteiger charge is -2.11. The number of nitro groups is 1. The minimum absolute atomic E-state index is 0.0405. The first-order chi connectivity index (χ1) is 8.91. The number of nitro benzene ring substituents is 1. The maximum Gasteiger partial charge on any atom is 0.273 e. The Morgan fingerprint density at radius 1 is 1.47 bits per heavy atom. The van der Waals surface area contributed by atoms with Crippen molar-refractivity contribution in [2.24, 2.45) is 0 Å². The van der Waals surface area contributed by atoms with E-state index >= 15 is 0 Å². The first-order valence-electron chi connectivity index (χ1n) is 6.22. The van der Waals surface area contributed by atoms with Crippen LogP contribution in [0.3, 0.4) is 0 Å². The van der Waals surface area contributed by atoms with Gasteiger partial charge in [0.2, 0.25) is 0 Å². The molecule has 0 aromatic heterocycles. The molecule has 6 heteroatoms. The normalized spacial score (nSPS) is 10.8. The lowest BCUT2D eigenvalue weighted by atomic mass is 10.2. The predicted octanol–water partition coefficient (Wildman–Crippen LogP) is 3.78. The van der Waals surface area contributed by atoms with Crippen LogP contribution in [0.4, 0.5) is 11.4 Å². The van der Waals surface area contributed by atoms with Gasteiger partial charge in [-0.3, -0.25) is 10.1 Å². The molecular formula is C13H19ClN2O3. The van der Waals surface area contributed by atoms with Crippen molar-refractivity contribution >= 4 is 23.0 Å². The zero-order chi connectivity index (χ0) is 14.4. The fourth-order valence-electron chi connectivity index (χ4n) is 1.62. The Bertz CT molecular complexity index is 450. The standard InChI is InChI=1S/C13H19ClN2O3/c1-9(2)19-6-4-5-15-12-7-10(3)13(16(17)18)8-11(12)14/h7-9,15H,4-6H2,1-3H3. The van der Waals surface area contributed by atoms with E-state index < -0.39 is 4.92 Å². The highest BCUT2D eigenvalue weighted by molar-refractivity contribution is 6.33. The molecule has 0 atom stereocenters. The van der Waals surface area contributed by atoms with Crippen molar-refractivity contribution in [1.82, 2.24) is 0 Å². The maximum absolute atomic E-state index is 10.8. The molecule has 5 nitrogen and oxygen atoms in total. The van der Waals surface area contributed by atoms with E-state index in [-0.39, 0.29) is 11.8 Å². The van der Waals surface area contributed by atoms with E-state index in [0.29, 0.717) is 29.4 Å². The summed E-state index contributed by atoms with van der Waals surface area (Å²) in [5, 5.41) is 14.3. The van der Waals surface area contributed by atoms with Crippen LogP contribution in [0.1, 0.15) is 25.8 Å². The topological polar surface area (TPSA) is 64.4 Å². The van der Waals surface area contributed by atoms with Crippen LogP contribution < -0.4 is 5.32 Å². The van der Waals surface area contributed by atoms with Crippen LogP contribution in [0.15, 0.2) is 12.1 Å². The van der Waals surface area contributed by atoms with Crippen molar-refractivity contribution in [3.05, 3.63) is 32.8 Å². The SMILES string of the molecule is Cc1cc(NCCCOC(C)C)c(Cl)cc1[N+](=O)[O-]. The van der Waals surface area contributed by atoms with E-state index in [1.54, 1.807) is 13.0 Å². The van der Waals surface area contributed by atoms with Crippen LogP contribution in [0.25, 0.3) is 0 Å². The first-order valence-corrected chi connectivity index (χ1v) is 6.59. The highest BCUT2D eigenvalue weighted by Crippen LogP contribution is 2.30. The van der Waals surface area contributed by atoms with Gasteiger partial charge < -0.3 is 10.1 Å². The number of halogens is 1. The lowest BCUT2D eigenvalue weighted by Crippen LogP contribution is -2.09. The number of rotatable bonds is 7. The molecule has 1 rings (SSSR count). The van der Waals surface area contributed by atoms with Crippen LogP contribution in [0.2, 0.25) is 5.02 Å².